The Kier molecular flexibility index (Phi) is 4.44. The van der Waals surface area contributed by atoms with E-state index >= 15 is 0 Å². The van der Waals surface area contributed by atoms with Crippen molar-refractivity contribution in [1.29, 1.82) is 0 Å². The van der Waals surface area contributed by atoms with Crippen molar-refractivity contribution in [1.82, 2.24) is 4.98 Å². The fourth-order valence-corrected chi connectivity index (χ4v) is 8.26. The van der Waals surface area contributed by atoms with Gasteiger partial charge in [0.1, 0.15) is 0 Å². The summed E-state index contributed by atoms with van der Waals surface area (Å²) < 4.78 is 0. The number of hydrogen-bond acceptors (Lipinski definition) is 1. The van der Waals surface area contributed by atoms with Gasteiger partial charge in [0.2, 0.25) is 0 Å². The number of para-hydroxylation sites is 1. The molecular formula is C42H25N. The fourth-order valence-electron chi connectivity index (χ4n) is 8.26. The van der Waals surface area contributed by atoms with Crippen LogP contribution < -0.4 is 0 Å². The predicted molar refractivity (Wildman–Crippen MR) is 178 cm³/mol. The van der Waals surface area contributed by atoms with E-state index in [1.165, 1.54) is 77.0 Å². The summed E-state index contributed by atoms with van der Waals surface area (Å²) >= 11 is 0. The second kappa shape index (κ2) is 8.27. The smallest absolute Gasteiger partial charge is 0.0794 e. The third kappa shape index (κ3) is 2.80. The van der Waals surface area contributed by atoms with Crippen LogP contribution in [0.15, 0.2) is 152 Å². The Balaban J connectivity index is 1.42. The van der Waals surface area contributed by atoms with E-state index in [-0.39, 0.29) is 5.41 Å². The Labute approximate surface area is 249 Å². The molecule has 0 amide bonds. The quantitative estimate of drug-likeness (QED) is 0.188. The topological polar surface area (TPSA) is 12.9 Å². The summed E-state index contributed by atoms with van der Waals surface area (Å²) in [7, 11) is 0. The molecule has 43 heavy (non-hydrogen) atoms. The Morgan fingerprint density at radius 1 is 0.372 bits per heavy atom. The van der Waals surface area contributed by atoms with Crippen LogP contribution in [0.2, 0.25) is 0 Å². The van der Waals surface area contributed by atoms with Crippen molar-refractivity contribution in [2.75, 3.05) is 0 Å². The van der Waals surface area contributed by atoms with Gasteiger partial charge in [0.25, 0.3) is 0 Å². The second-order valence-corrected chi connectivity index (χ2v) is 11.8. The predicted octanol–water partition coefficient (Wildman–Crippen LogP) is 10.6. The van der Waals surface area contributed by atoms with Gasteiger partial charge in [-0.15, -0.1) is 0 Å². The van der Waals surface area contributed by atoms with Gasteiger partial charge in [0.15, 0.2) is 0 Å². The molecule has 0 unspecified atom stereocenters. The van der Waals surface area contributed by atoms with Crippen LogP contribution in [0.3, 0.4) is 0 Å². The van der Waals surface area contributed by atoms with Gasteiger partial charge in [-0.3, -0.25) is 0 Å². The molecule has 0 aliphatic heterocycles. The van der Waals surface area contributed by atoms with Gasteiger partial charge in [-0.2, -0.15) is 0 Å². The lowest BCUT2D eigenvalue weighted by Gasteiger charge is -2.30. The van der Waals surface area contributed by atoms with Crippen molar-refractivity contribution in [2.45, 2.75) is 5.41 Å². The highest BCUT2D eigenvalue weighted by Crippen LogP contribution is 2.64. The van der Waals surface area contributed by atoms with Gasteiger partial charge in [0.05, 0.1) is 16.6 Å². The van der Waals surface area contributed by atoms with E-state index in [0.29, 0.717) is 0 Å². The molecule has 2 aliphatic carbocycles. The summed E-state index contributed by atoms with van der Waals surface area (Å²) in [6.07, 6.45) is 0. The van der Waals surface area contributed by atoms with Crippen LogP contribution in [0.1, 0.15) is 22.3 Å². The Hall–Kier alpha value is -5.53. The number of nitrogens with zero attached hydrogens (tertiary/aromatic N) is 1. The lowest BCUT2D eigenvalue weighted by atomic mass is 9.70. The van der Waals surface area contributed by atoms with E-state index in [1.54, 1.807) is 0 Å². The van der Waals surface area contributed by atoms with E-state index in [9.17, 15) is 0 Å². The highest BCUT2D eigenvalue weighted by Gasteiger charge is 2.52. The SMILES string of the molecule is c1ccc2c(c1)-c1ccccc1C21c2ccccc2-c2c1ccc1c(-c3cccc4ccccc34)nc3ccccc3c21. The van der Waals surface area contributed by atoms with E-state index < -0.39 is 0 Å². The summed E-state index contributed by atoms with van der Waals surface area (Å²) in [5.41, 5.74) is 13.6. The molecule has 2 aliphatic rings. The first-order valence-electron chi connectivity index (χ1n) is 15.0. The number of benzene rings is 7. The van der Waals surface area contributed by atoms with Gasteiger partial charge in [-0.05, 0) is 61.3 Å². The highest BCUT2D eigenvalue weighted by atomic mass is 14.7. The molecule has 0 fully saturated rings. The summed E-state index contributed by atoms with van der Waals surface area (Å²) in [6.45, 7) is 0. The van der Waals surface area contributed by atoms with Crippen LogP contribution in [0, 0.1) is 0 Å². The van der Waals surface area contributed by atoms with Crippen LogP contribution in [0.4, 0.5) is 0 Å². The molecule has 10 rings (SSSR count). The molecule has 0 saturated heterocycles. The number of aromatic nitrogens is 1. The van der Waals surface area contributed by atoms with Crippen molar-refractivity contribution in [3.05, 3.63) is 174 Å². The minimum atomic E-state index is -0.364. The molecule has 198 valence electrons. The minimum absolute atomic E-state index is 0.364. The molecule has 0 N–H and O–H groups in total. The average molecular weight is 544 g/mol. The van der Waals surface area contributed by atoms with Gasteiger partial charge in [-0.25, -0.2) is 4.98 Å². The van der Waals surface area contributed by atoms with Crippen molar-refractivity contribution >= 4 is 32.4 Å². The lowest BCUT2D eigenvalue weighted by Crippen LogP contribution is -2.25. The van der Waals surface area contributed by atoms with E-state index in [1.807, 2.05) is 0 Å². The Morgan fingerprint density at radius 2 is 0.930 bits per heavy atom. The second-order valence-electron chi connectivity index (χ2n) is 11.8. The third-order valence-electron chi connectivity index (χ3n) is 9.87. The number of fused-ring (bicyclic) bond motifs is 15. The first-order valence-corrected chi connectivity index (χ1v) is 15.0. The molecule has 0 bridgehead atoms. The molecular weight excluding hydrogens is 518 g/mol. The Morgan fingerprint density at radius 3 is 1.70 bits per heavy atom. The molecule has 1 spiro atoms. The third-order valence-corrected chi connectivity index (χ3v) is 9.87. The summed E-state index contributed by atoms with van der Waals surface area (Å²) in [4.78, 5) is 5.37. The zero-order valence-electron chi connectivity index (χ0n) is 23.4. The Bertz CT molecular complexity index is 2420. The molecule has 1 aromatic heterocycles. The van der Waals surface area contributed by atoms with Gasteiger partial charge in [0, 0.05) is 21.7 Å². The molecule has 7 aromatic carbocycles. The molecule has 8 aromatic rings. The van der Waals surface area contributed by atoms with Crippen LogP contribution in [-0.2, 0) is 5.41 Å². The van der Waals surface area contributed by atoms with Gasteiger partial charge < -0.3 is 0 Å². The number of pyridine rings is 1. The fraction of sp³-hybridized carbons (Fsp3) is 0.0238. The monoisotopic (exact) mass is 543 g/mol. The van der Waals surface area contributed by atoms with Crippen molar-refractivity contribution in [3.8, 4) is 33.5 Å². The molecule has 0 saturated carbocycles. The number of hydrogen-bond donors (Lipinski definition) is 0. The van der Waals surface area contributed by atoms with Gasteiger partial charge >= 0.3 is 0 Å². The largest absolute Gasteiger partial charge is 0.247 e. The summed E-state index contributed by atoms with van der Waals surface area (Å²) in [5.74, 6) is 0. The molecule has 1 nitrogen and oxygen atoms in total. The normalized spacial score (nSPS) is 13.8. The minimum Gasteiger partial charge on any atom is -0.247 e. The lowest BCUT2D eigenvalue weighted by molar-refractivity contribution is 0.794. The molecule has 0 atom stereocenters. The molecule has 1 heterocycles. The average Bonchev–Trinajstić information content (AvgIpc) is 3.55. The van der Waals surface area contributed by atoms with Crippen molar-refractivity contribution in [3.63, 3.8) is 0 Å². The number of rotatable bonds is 1. The zero-order valence-corrected chi connectivity index (χ0v) is 23.4. The van der Waals surface area contributed by atoms with E-state index in [4.69, 9.17) is 4.98 Å². The van der Waals surface area contributed by atoms with Crippen molar-refractivity contribution < 1.29 is 0 Å². The summed E-state index contributed by atoms with van der Waals surface area (Å²) in [6, 6.07) is 55.8. The van der Waals surface area contributed by atoms with Crippen LogP contribution in [-0.4, -0.2) is 4.98 Å². The molecule has 1 heteroatoms. The van der Waals surface area contributed by atoms with Crippen molar-refractivity contribution in [2.24, 2.45) is 0 Å². The molecule has 0 radical (unpaired) electrons. The maximum atomic E-state index is 5.37. The summed E-state index contributed by atoms with van der Waals surface area (Å²) in [5, 5.41) is 6.14. The van der Waals surface area contributed by atoms with E-state index in [0.717, 1.165) is 11.2 Å². The maximum absolute atomic E-state index is 5.37. The van der Waals surface area contributed by atoms with Crippen LogP contribution in [0.5, 0.6) is 0 Å². The highest BCUT2D eigenvalue weighted by molar-refractivity contribution is 6.21. The van der Waals surface area contributed by atoms with Crippen LogP contribution >= 0.6 is 0 Å². The van der Waals surface area contributed by atoms with Crippen LogP contribution in [0.25, 0.3) is 66.0 Å². The maximum Gasteiger partial charge on any atom is 0.0794 e. The van der Waals surface area contributed by atoms with E-state index in [2.05, 4.69) is 152 Å². The first kappa shape index (κ1) is 23.1. The zero-order chi connectivity index (χ0) is 28.1. The first-order chi connectivity index (χ1) is 21.4. The standard InChI is InChI=1S/C42H25N/c1-2-14-27-26(12-1)13-11-19-30(27)41-33-24-25-37-40(39(33)32-18-6-10-23-38(32)43-41)31-17-5-9-22-36(31)42(37)34-20-7-3-15-28(34)29-16-4-8-21-35(29)42/h1-25H. The van der Waals surface area contributed by atoms with Gasteiger partial charge in [-0.1, -0.05) is 146 Å².